The van der Waals surface area contributed by atoms with Gasteiger partial charge in [0.25, 0.3) is 5.91 Å². The molecule has 1 heterocycles. The molecule has 1 aromatic heterocycles. The lowest BCUT2D eigenvalue weighted by Crippen LogP contribution is -2.28. The number of amides is 2. The summed E-state index contributed by atoms with van der Waals surface area (Å²) in [6.45, 7) is 5.32. The summed E-state index contributed by atoms with van der Waals surface area (Å²) in [4.78, 5) is 25.1. The van der Waals surface area contributed by atoms with Gasteiger partial charge in [-0.2, -0.15) is 0 Å². The second-order valence-electron chi connectivity index (χ2n) is 6.97. The van der Waals surface area contributed by atoms with Gasteiger partial charge in [-0.15, -0.1) is 0 Å². The number of furan rings is 1. The molecule has 0 radical (unpaired) electrons. The van der Waals surface area contributed by atoms with Gasteiger partial charge < -0.3 is 15.1 Å². The number of para-hydroxylation sites is 1. The first-order valence-corrected chi connectivity index (χ1v) is 8.15. The SMILES string of the molecule is CC(C)(C)C(=O)Nc1c(C(=O)Nc2cccc(F)c2)oc2ccccc12. The van der Waals surface area contributed by atoms with E-state index in [0.717, 1.165) is 0 Å². The van der Waals surface area contributed by atoms with Gasteiger partial charge >= 0.3 is 0 Å². The van der Waals surface area contributed by atoms with Crippen LogP contribution in [-0.2, 0) is 4.79 Å². The molecule has 2 aromatic carbocycles. The van der Waals surface area contributed by atoms with E-state index in [-0.39, 0.29) is 11.7 Å². The maximum atomic E-state index is 13.3. The number of nitrogens with one attached hydrogen (secondary N) is 2. The molecule has 2 N–H and O–H groups in total. The Morgan fingerprint density at radius 3 is 2.42 bits per heavy atom. The van der Waals surface area contributed by atoms with Crippen molar-refractivity contribution >= 4 is 34.2 Å². The Kier molecular flexibility index (Phi) is 4.50. The molecule has 0 unspecified atom stereocenters. The van der Waals surface area contributed by atoms with Gasteiger partial charge in [-0.05, 0) is 30.3 Å². The van der Waals surface area contributed by atoms with Crippen LogP contribution in [0.2, 0.25) is 0 Å². The van der Waals surface area contributed by atoms with Crippen molar-refractivity contribution in [1.29, 1.82) is 0 Å². The fourth-order valence-electron chi connectivity index (χ4n) is 2.38. The van der Waals surface area contributed by atoms with E-state index in [4.69, 9.17) is 4.42 Å². The van der Waals surface area contributed by atoms with Crippen molar-refractivity contribution in [2.24, 2.45) is 5.41 Å². The number of benzene rings is 2. The molecule has 0 fully saturated rings. The summed E-state index contributed by atoms with van der Waals surface area (Å²) in [6, 6.07) is 12.6. The highest BCUT2D eigenvalue weighted by atomic mass is 19.1. The Hall–Kier alpha value is -3.15. The van der Waals surface area contributed by atoms with Crippen molar-refractivity contribution in [2.45, 2.75) is 20.8 Å². The lowest BCUT2D eigenvalue weighted by atomic mass is 9.95. The van der Waals surface area contributed by atoms with Crippen molar-refractivity contribution in [1.82, 2.24) is 0 Å². The molecule has 134 valence electrons. The van der Waals surface area contributed by atoms with Crippen LogP contribution in [0.15, 0.2) is 52.9 Å². The van der Waals surface area contributed by atoms with E-state index in [1.54, 1.807) is 51.1 Å². The zero-order chi connectivity index (χ0) is 18.9. The van der Waals surface area contributed by atoms with Crippen molar-refractivity contribution in [3.63, 3.8) is 0 Å². The Morgan fingerprint density at radius 2 is 1.73 bits per heavy atom. The first-order chi connectivity index (χ1) is 12.3. The number of hydrogen-bond donors (Lipinski definition) is 2. The third-order valence-electron chi connectivity index (χ3n) is 3.80. The molecule has 0 saturated carbocycles. The molecule has 0 aliphatic rings. The third-order valence-corrected chi connectivity index (χ3v) is 3.80. The summed E-state index contributed by atoms with van der Waals surface area (Å²) in [5.74, 6) is -1.32. The molecule has 0 spiro atoms. The van der Waals surface area contributed by atoms with Gasteiger partial charge in [-0.3, -0.25) is 9.59 Å². The van der Waals surface area contributed by atoms with Gasteiger partial charge in [-0.1, -0.05) is 39.0 Å². The van der Waals surface area contributed by atoms with E-state index < -0.39 is 17.1 Å². The number of fused-ring (bicyclic) bond motifs is 1. The first kappa shape index (κ1) is 17.7. The van der Waals surface area contributed by atoms with Gasteiger partial charge in [0.05, 0.1) is 0 Å². The van der Waals surface area contributed by atoms with Crippen LogP contribution in [0.4, 0.5) is 15.8 Å². The predicted octanol–water partition coefficient (Wildman–Crippen LogP) is 4.81. The first-order valence-electron chi connectivity index (χ1n) is 8.15. The molecule has 3 rings (SSSR count). The summed E-state index contributed by atoms with van der Waals surface area (Å²) >= 11 is 0. The van der Waals surface area contributed by atoms with Crippen LogP contribution in [-0.4, -0.2) is 11.8 Å². The van der Waals surface area contributed by atoms with Crippen LogP contribution in [0.3, 0.4) is 0 Å². The summed E-state index contributed by atoms with van der Waals surface area (Å²) in [7, 11) is 0. The van der Waals surface area contributed by atoms with Gasteiger partial charge in [0, 0.05) is 16.5 Å². The zero-order valence-electron chi connectivity index (χ0n) is 14.7. The van der Waals surface area contributed by atoms with Crippen molar-refractivity contribution in [2.75, 3.05) is 10.6 Å². The minimum atomic E-state index is -0.644. The zero-order valence-corrected chi connectivity index (χ0v) is 14.7. The highest BCUT2D eigenvalue weighted by Gasteiger charge is 2.27. The molecule has 3 aromatic rings. The topological polar surface area (TPSA) is 71.3 Å². The highest BCUT2D eigenvalue weighted by Crippen LogP contribution is 2.32. The summed E-state index contributed by atoms with van der Waals surface area (Å²) < 4.78 is 19.0. The number of carbonyl (C=O) groups excluding carboxylic acids is 2. The molecule has 5 nitrogen and oxygen atoms in total. The average Bonchev–Trinajstić information content (AvgIpc) is 2.93. The Bertz CT molecular complexity index is 986. The lowest BCUT2D eigenvalue weighted by molar-refractivity contribution is -0.123. The van der Waals surface area contributed by atoms with Crippen LogP contribution < -0.4 is 10.6 Å². The molecule has 0 bridgehead atoms. The van der Waals surface area contributed by atoms with E-state index >= 15 is 0 Å². The molecule has 0 aliphatic carbocycles. The summed E-state index contributed by atoms with van der Waals surface area (Å²) in [5, 5.41) is 5.99. The molecule has 2 amide bonds. The van der Waals surface area contributed by atoms with Crippen molar-refractivity contribution < 1.29 is 18.4 Å². The number of rotatable bonds is 3. The molecular weight excluding hydrogens is 335 g/mol. The fourth-order valence-corrected chi connectivity index (χ4v) is 2.38. The van der Waals surface area contributed by atoms with Gasteiger partial charge in [0.1, 0.15) is 17.1 Å². The molecular formula is C20H19FN2O3. The minimum Gasteiger partial charge on any atom is -0.449 e. The average molecular weight is 354 g/mol. The quantitative estimate of drug-likeness (QED) is 0.709. The number of carbonyl (C=O) groups is 2. The maximum Gasteiger partial charge on any atom is 0.293 e. The van der Waals surface area contributed by atoms with E-state index in [0.29, 0.717) is 22.3 Å². The summed E-state index contributed by atoms with van der Waals surface area (Å²) in [5.41, 5.74) is 0.424. The minimum absolute atomic E-state index is 0.0342. The molecule has 0 aliphatic heterocycles. The maximum absolute atomic E-state index is 13.3. The van der Waals surface area contributed by atoms with Crippen LogP contribution in [0.25, 0.3) is 11.0 Å². The Labute approximate surface area is 150 Å². The van der Waals surface area contributed by atoms with Gasteiger partial charge in [0.15, 0.2) is 0 Å². The molecule has 0 saturated heterocycles. The highest BCUT2D eigenvalue weighted by molar-refractivity contribution is 6.15. The second-order valence-corrected chi connectivity index (χ2v) is 6.97. The molecule has 0 atom stereocenters. The van der Waals surface area contributed by atoms with Crippen molar-refractivity contribution in [3.8, 4) is 0 Å². The van der Waals surface area contributed by atoms with Gasteiger partial charge in [-0.25, -0.2) is 4.39 Å². The molecule has 26 heavy (non-hydrogen) atoms. The van der Waals surface area contributed by atoms with Gasteiger partial charge in [0.2, 0.25) is 11.7 Å². The fraction of sp³-hybridized carbons (Fsp3) is 0.200. The largest absolute Gasteiger partial charge is 0.449 e. The second kappa shape index (κ2) is 6.63. The van der Waals surface area contributed by atoms with Crippen LogP contribution in [0.1, 0.15) is 31.3 Å². The Balaban J connectivity index is 2.00. The van der Waals surface area contributed by atoms with E-state index in [9.17, 15) is 14.0 Å². The lowest BCUT2D eigenvalue weighted by Gasteiger charge is -2.17. The van der Waals surface area contributed by atoms with Crippen LogP contribution in [0.5, 0.6) is 0 Å². The summed E-state index contributed by atoms with van der Waals surface area (Å²) in [6.07, 6.45) is 0. The number of anilines is 2. The smallest absolute Gasteiger partial charge is 0.293 e. The standard InChI is InChI=1S/C20H19FN2O3/c1-20(2,3)19(25)23-16-14-9-4-5-10-15(14)26-17(16)18(24)22-13-8-6-7-12(21)11-13/h4-11H,1-3H3,(H,22,24)(H,23,25). The normalized spacial score (nSPS) is 11.4. The van der Waals surface area contributed by atoms with Crippen LogP contribution in [0, 0.1) is 11.2 Å². The Morgan fingerprint density at radius 1 is 1.00 bits per heavy atom. The monoisotopic (exact) mass is 354 g/mol. The predicted molar refractivity (Wildman–Crippen MR) is 98.7 cm³/mol. The number of hydrogen-bond acceptors (Lipinski definition) is 3. The van der Waals surface area contributed by atoms with Crippen molar-refractivity contribution in [3.05, 3.63) is 60.1 Å². The van der Waals surface area contributed by atoms with E-state index in [1.165, 1.54) is 18.2 Å². The van der Waals surface area contributed by atoms with E-state index in [1.807, 2.05) is 0 Å². The number of halogens is 1. The third kappa shape index (κ3) is 3.59. The van der Waals surface area contributed by atoms with Crippen LogP contribution >= 0.6 is 0 Å². The van der Waals surface area contributed by atoms with E-state index in [2.05, 4.69) is 10.6 Å². The molecule has 6 heteroatoms.